The smallest absolute Gasteiger partial charge is 0.107 e. The van der Waals surface area contributed by atoms with Crippen LogP contribution in [0.5, 0.6) is 0 Å². The largest absolute Gasteiger partial charge is 0.378 e. The molecule has 0 heterocycles. The summed E-state index contributed by atoms with van der Waals surface area (Å²) in [5.41, 5.74) is 0. The highest BCUT2D eigenvalue weighted by Crippen LogP contribution is 2.28. The lowest BCUT2D eigenvalue weighted by molar-refractivity contribution is -0.0321. The number of hydrogen-bond acceptors (Lipinski definition) is 2. The van der Waals surface area contributed by atoms with Gasteiger partial charge in [0.2, 0.25) is 0 Å². The summed E-state index contributed by atoms with van der Waals surface area (Å²) in [4.78, 5) is 2.16. The summed E-state index contributed by atoms with van der Waals surface area (Å²) in [6.07, 6.45) is 5.87. The first-order chi connectivity index (χ1) is 6.16. The third-order valence-corrected chi connectivity index (χ3v) is 3.42. The van der Waals surface area contributed by atoms with Crippen LogP contribution in [0.1, 0.15) is 46.0 Å². The van der Waals surface area contributed by atoms with E-state index in [1.165, 1.54) is 25.7 Å². The first-order valence-corrected chi connectivity index (χ1v) is 5.56. The van der Waals surface area contributed by atoms with Crippen LogP contribution < -0.4 is 0 Å². The van der Waals surface area contributed by atoms with Gasteiger partial charge in [0.15, 0.2) is 0 Å². The molecule has 1 saturated carbocycles. The molecule has 0 aromatic carbocycles. The van der Waals surface area contributed by atoms with Crippen LogP contribution in [0.3, 0.4) is 0 Å². The lowest BCUT2D eigenvalue weighted by atomic mass is 9.85. The molecule has 1 rings (SSSR count). The summed E-state index contributed by atoms with van der Waals surface area (Å²) in [6, 6.07) is 0.601. The lowest BCUT2D eigenvalue weighted by Gasteiger charge is -2.38. The number of nitrogens with zero attached hydrogens (tertiary/aromatic N) is 1. The van der Waals surface area contributed by atoms with Crippen LogP contribution in [0.15, 0.2) is 0 Å². The van der Waals surface area contributed by atoms with E-state index in [9.17, 15) is 5.11 Å². The van der Waals surface area contributed by atoms with Crippen LogP contribution in [-0.2, 0) is 0 Å². The topological polar surface area (TPSA) is 23.5 Å². The molecule has 2 heteroatoms. The van der Waals surface area contributed by atoms with Gasteiger partial charge in [-0.15, -0.1) is 0 Å². The maximum atomic E-state index is 9.72. The number of aliphatic hydroxyl groups is 1. The second-order valence-corrected chi connectivity index (χ2v) is 4.38. The molecular formula is C11H23NO. The van der Waals surface area contributed by atoms with Gasteiger partial charge in [0, 0.05) is 6.04 Å². The SMILES string of the molecule is CCC(O)N(C)C1CCCCC1C. The molecule has 0 spiro atoms. The molecule has 0 saturated heterocycles. The summed E-state index contributed by atoms with van der Waals surface area (Å²) < 4.78 is 0. The minimum absolute atomic E-state index is 0.245. The normalized spacial score (nSPS) is 32.1. The van der Waals surface area contributed by atoms with Crippen molar-refractivity contribution >= 4 is 0 Å². The first-order valence-electron chi connectivity index (χ1n) is 5.56. The van der Waals surface area contributed by atoms with Crippen LogP contribution in [0.2, 0.25) is 0 Å². The predicted octanol–water partition coefficient (Wildman–Crippen LogP) is 2.23. The third kappa shape index (κ3) is 2.68. The molecule has 0 aromatic rings. The van der Waals surface area contributed by atoms with Crippen molar-refractivity contribution in [3.63, 3.8) is 0 Å². The molecule has 1 aliphatic rings. The summed E-state index contributed by atoms with van der Waals surface area (Å²) >= 11 is 0. The van der Waals surface area contributed by atoms with Gasteiger partial charge < -0.3 is 5.11 Å². The van der Waals surface area contributed by atoms with Gasteiger partial charge >= 0.3 is 0 Å². The van der Waals surface area contributed by atoms with Crippen molar-refractivity contribution in [1.82, 2.24) is 4.90 Å². The van der Waals surface area contributed by atoms with Crippen molar-refractivity contribution in [3.05, 3.63) is 0 Å². The van der Waals surface area contributed by atoms with E-state index >= 15 is 0 Å². The molecule has 78 valence electrons. The van der Waals surface area contributed by atoms with E-state index in [4.69, 9.17) is 0 Å². The van der Waals surface area contributed by atoms with E-state index in [2.05, 4.69) is 18.9 Å². The zero-order valence-corrected chi connectivity index (χ0v) is 9.16. The summed E-state index contributed by atoms with van der Waals surface area (Å²) in [5.74, 6) is 0.750. The Bertz CT molecular complexity index is 149. The molecule has 1 N–H and O–H groups in total. The molecule has 0 amide bonds. The fourth-order valence-electron chi connectivity index (χ4n) is 2.41. The van der Waals surface area contributed by atoms with Crippen molar-refractivity contribution < 1.29 is 5.11 Å². The molecule has 1 aliphatic carbocycles. The fraction of sp³-hybridized carbons (Fsp3) is 1.00. The van der Waals surface area contributed by atoms with E-state index in [0.717, 1.165) is 12.3 Å². The number of hydrogen-bond donors (Lipinski definition) is 1. The van der Waals surface area contributed by atoms with E-state index in [1.54, 1.807) is 0 Å². The maximum absolute atomic E-state index is 9.72. The van der Waals surface area contributed by atoms with Crippen molar-refractivity contribution in [3.8, 4) is 0 Å². The molecule has 13 heavy (non-hydrogen) atoms. The molecule has 2 nitrogen and oxygen atoms in total. The van der Waals surface area contributed by atoms with Crippen LogP contribution in [0, 0.1) is 5.92 Å². The Kier molecular flexibility index (Phi) is 4.20. The molecule has 3 unspecified atom stereocenters. The van der Waals surface area contributed by atoms with E-state index in [1.807, 2.05) is 6.92 Å². The third-order valence-electron chi connectivity index (χ3n) is 3.42. The number of rotatable bonds is 3. The van der Waals surface area contributed by atoms with E-state index in [-0.39, 0.29) is 6.23 Å². The summed E-state index contributed by atoms with van der Waals surface area (Å²) in [6.45, 7) is 4.34. The van der Waals surface area contributed by atoms with Crippen LogP contribution >= 0.6 is 0 Å². The van der Waals surface area contributed by atoms with Crippen LogP contribution in [0.25, 0.3) is 0 Å². The second-order valence-electron chi connectivity index (χ2n) is 4.38. The van der Waals surface area contributed by atoms with Gasteiger partial charge in [-0.2, -0.15) is 0 Å². The van der Waals surface area contributed by atoms with E-state index < -0.39 is 0 Å². The Balaban J connectivity index is 2.47. The fourth-order valence-corrected chi connectivity index (χ4v) is 2.41. The molecule has 0 bridgehead atoms. The monoisotopic (exact) mass is 185 g/mol. The van der Waals surface area contributed by atoms with E-state index in [0.29, 0.717) is 6.04 Å². The van der Waals surface area contributed by atoms with Crippen molar-refractivity contribution in [2.75, 3.05) is 7.05 Å². The molecular weight excluding hydrogens is 162 g/mol. The highest BCUT2D eigenvalue weighted by atomic mass is 16.3. The number of aliphatic hydroxyl groups excluding tert-OH is 1. The van der Waals surface area contributed by atoms with Gasteiger partial charge in [0.05, 0.1) is 0 Å². The van der Waals surface area contributed by atoms with Crippen molar-refractivity contribution in [1.29, 1.82) is 0 Å². The average molecular weight is 185 g/mol. The second kappa shape index (κ2) is 4.97. The van der Waals surface area contributed by atoms with Crippen molar-refractivity contribution in [2.24, 2.45) is 5.92 Å². The average Bonchev–Trinajstić information content (AvgIpc) is 2.16. The van der Waals surface area contributed by atoms with Gasteiger partial charge in [-0.25, -0.2) is 0 Å². The zero-order chi connectivity index (χ0) is 9.84. The van der Waals surface area contributed by atoms with Gasteiger partial charge in [0.1, 0.15) is 6.23 Å². The predicted molar refractivity (Wildman–Crippen MR) is 55.5 cm³/mol. The molecule has 0 aromatic heterocycles. The van der Waals surface area contributed by atoms with Gasteiger partial charge in [0.25, 0.3) is 0 Å². The van der Waals surface area contributed by atoms with Gasteiger partial charge in [-0.3, -0.25) is 4.90 Å². The minimum Gasteiger partial charge on any atom is -0.378 e. The van der Waals surface area contributed by atoms with Crippen LogP contribution in [0.4, 0.5) is 0 Å². The Morgan fingerprint density at radius 3 is 2.54 bits per heavy atom. The molecule has 1 fully saturated rings. The maximum Gasteiger partial charge on any atom is 0.107 e. The first kappa shape index (κ1) is 11.0. The minimum atomic E-state index is -0.245. The zero-order valence-electron chi connectivity index (χ0n) is 9.16. The Morgan fingerprint density at radius 1 is 1.38 bits per heavy atom. The Morgan fingerprint density at radius 2 is 2.00 bits per heavy atom. The Hall–Kier alpha value is -0.0800. The highest BCUT2D eigenvalue weighted by Gasteiger charge is 2.27. The Labute approximate surface area is 81.9 Å². The molecule has 0 aliphatic heterocycles. The highest BCUT2D eigenvalue weighted by molar-refractivity contribution is 4.80. The standard InChI is InChI=1S/C11H23NO/c1-4-11(13)12(3)10-8-6-5-7-9(10)2/h9-11,13H,4-8H2,1-3H3. The van der Waals surface area contributed by atoms with Crippen molar-refractivity contribution in [2.45, 2.75) is 58.2 Å². The molecule has 3 atom stereocenters. The van der Waals surface area contributed by atoms with Gasteiger partial charge in [-0.05, 0) is 32.2 Å². The van der Waals surface area contributed by atoms with Gasteiger partial charge in [-0.1, -0.05) is 26.7 Å². The summed E-state index contributed by atoms with van der Waals surface area (Å²) in [7, 11) is 2.06. The lowest BCUT2D eigenvalue weighted by Crippen LogP contribution is -2.44. The van der Waals surface area contributed by atoms with Crippen LogP contribution in [-0.4, -0.2) is 29.3 Å². The molecule has 0 radical (unpaired) electrons. The quantitative estimate of drug-likeness (QED) is 0.682. The summed E-state index contributed by atoms with van der Waals surface area (Å²) in [5, 5.41) is 9.72.